The van der Waals surface area contributed by atoms with Crippen molar-refractivity contribution in [3.8, 4) is 17.6 Å². The summed E-state index contributed by atoms with van der Waals surface area (Å²) in [6.07, 6.45) is 4.23. The topological polar surface area (TPSA) is 120 Å². The largest absolute Gasteiger partial charge is 0.495 e. The van der Waals surface area contributed by atoms with Gasteiger partial charge in [-0.25, -0.2) is 5.21 Å². The molecule has 2 aliphatic heterocycles. The van der Waals surface area contributed by atoms with Gasteiger partial charge in [0.25, 0.3) is 5.91 Å². The van der Waals surface area contributed by atoms with Gasteiger partial charge in [-0.15, -0.1) is 0 Å². The third-order valence-electron chi connectivity index (χ3n) is 5.13. The van der Waals surface area contributed by atoms with Crippen LogP contribution in [0.25, 0.3) is 11.6 Å². The molecule has 29 heavy (non-hydrogen) atoms. The number of hydrogen-bond acceptors (Lipinski definition) is 5. The van der Waals surface area contributed by atoms with Crippen molar-refractivity contribution in [2.24, 2.45) is 0 Å². The fraction of sp³-hybridized carbons (Fsp3) is 0.286. The number of nitrogens with two attached hydrogens (primary N) is 1. The van der Waals surface area contributed by atoms with Crippen LogP contribution in [-0.4, -0.2) is 47.1 Å². The molecule has 2 aliphatic rings. The molecule has 0 saturated carbocycles. The summed E-state index contributed by atoms with van der Waals surface area (Å²) in [6, 6.07) is 5.16. The van der Waals surface area contributed by atoms with E-state index in [1.807, 2.05) is 0 Å². The first kappa shape index (κ1) is 19.2. The molecule has 6 N–H and O–H groups in total. The van der Waals surface area contributed by atoms with E-state index in [0.29, 0.717) is 65.6 Å². The first-order valence-corrected chi connectivity index (χ1v) is 9.27. The number of rotatable bonds is 3. The van der Waals surface area contributed by atoms with Gasteiger partial charge in [0.15, 0.2) is 5.69 Å². The molecule has 1 amide bonds. The minimum absolute atomic E-state index is 0.278. The summed E-state index contributed by atoms with van der Waals surface area (Å²) in [5.74, 6) is 6.27. The van der Waals surface area contributed by atoms with E-state index in [9.17, 15) is 15.1 Å². The molecule has 150 valence electrons. The first-order valence-electron chi connectivity index (χ1n) is 9.27. The Morgan fingerprint density at radius 1 is 1.31 bits per heavy atom. The molecule has 1 aromatic carbocycles. The predicted molar refractivity (Wildman–Crippen MR) is 106 cm³/mol. The number of aromatic amines is 1. The van der Waals surface area contributed by atoms with Gasteiger partial charge in [-0.3, -0.25) is 4.79 Å². The fourth-order valence-corrected chi connectivity index (χ4v) is 3.50. The second kappa shape index (κ2) is 7.73. The van der Waals surface area contributed by atoms with Gasteiger partial charge in [-0.1, -0.05) is 11.8 Å². The molecular formula is C21H22N3O5+. The number of carbonyl (C=O) groups excluding carboxylic acids is 1. The molecular weight excluding hydrogens is 374 g/mol. The summed E-state index contributed by atoms with van der Waals surface area (Å²) in [5, 5.41) is 23.2. The highest BCUT2D eigenvalue weighted by Gasteiger charge is 2.31. The summed E-state index contributed by atoms with van der Waals surface area (Å²) in [4.78, 5) is 15.7. The Kier molecular flexibility index (Phi) is 5.13. The molecule has 0 atom stereocenters. The zero-order chi connectivity index (χ0) is 20.4. The maximum atomic E-state index is 12.7. The number of nitrogens with one attached hydrogen (secondary N) is 2. The van der Waals surface area contributed by atoms with Gasteiger partial charge < -0.3 is 24.9 Å². The molecule has 2 aromatic rings. The molecule has 1 aromatic heterocycles. The number of carbonyl (C=O) groups is 1. The smallest absolute Gasteiger partial charge is 0.256 e. The third-order valence-corrected chi connectivity index (χ3v) is 5.13. The van der Waals surface area contributed by atoms with Gasteiger partial charge in [-0.05, 0) is 18.2 Å². The minimum Gasteiger partial charge on any atom is -0.495 e. The number of H-pyrrole nitrogens is 1. The van der Waals surface area contributed by atoms with E-state index in [-0.39, 0.29) is 5.91 Å². The highest BCUT2D eigenvalue weighted by molar-refractivity contribution is 6.35. The van der Waals surface area contributed by atoms with Crippen molar-refractivity contribution >= 4 is 28.9 Å². The summed E-state index contributed by atoms with van der Waals surface area (Å²) in [5.41, 5.74) is 2.95. The number of anilines is 1. The monoisotopic (exact) mass is 396 g/mol. The van der Waals surface area contributed by atoms with Gasteiger partial charge in [0, 0.05) is 30.7 Å². The summed E-state index contributed by atoms with van der Waals surface area (Å²) in [7, 11) is 1.55. The van der Waals surface area contributed by atoms with Crippen LogP contribution < -0.4 is 15.5 Å². The summed E-state index contributed by atoms with van der Waals surface area (Å²) in [6.45, 7) is 0.879. The molecule has 0 radical (unpaired) electrons. The molecule has 4 rings (SSSR count). The lowest BCUT2D eigenvalue weighted by atomic mass is 9.93. The number of quaternary nitrogens is 1. The molecule has 0 aliphatic carbocycles. The quantitative estimate of drug-likeness (QED) is 0.229. The van der Waals surface area contributed by atoms with Crippen molar-refractivity contribution in [3.05, 3.63) is 41.2 Å². The lowest BCUT2D eigenvalue weighted by molar-refractivity contribution is -0.825. The first-order chi connectivity index (χ1) is 14.0. The lowest BCUT2D eigenvalue weighted by Gasteiger charge is -2.26. The van der Waals surface area contributed by atoms with Crippen LogP contribution in [0, 0.1) is 11.8 Å². The number of aliphatic hydroxyl groups is 1. The molecule has 1 saturated heterocycles. The molecule has 0 bridgehead atoms. The van der Waals surface area contributed by atoms with E-state index in [0.717, 1.165) is 5.48 Å². The van der Waals surface area contributed by atoms with Crippen molar-refractivity contribution in [3.63, 3.8) is 0 Å². The summed E-state index contributed by atoms with van der Waals surface area (Å²) < 4.78 is 10.6. The third kappa shape index (κ3) is 3.64. The number of fused-ring (bicyclic) bond motifs is 1. The molecule has 0 spiro atoms. The minimum atomic E-state index is -1.16. The van der Waals surface area contributed by atoms with Crippen LogP contribution in [0.2, 0.25) is 0 Å². The van der Waals surface area contributed by atoms with Crippen LogP contribution in [0.5, 0.6) is 5.75 Å². The van der Waals surface area contributed by atoms with Gasteiger partial charge in [0.05, 0.1) is 42.8 Å². The highest BCUT2D eigenvalue weighted by atomic mass is 16.5. The second-order valence-electron chi connectivity index (χ2n) is 6.95. The van der Waals surface area contributed by atoms with Crippen LogP contribution in [0.4, 0.5) is 11.4 Å². The number of amides is 1. The van der Waals surface area contributed by atoms with Gasteiger partial charge in [0.1, 0.15) is 11.4 Å². The Morgan fingerprint density at radius 2 is 2.10 bits per heavy atom. The number of ether oxygens (including phenoxy) is 2. The maximum absolute atomic E-state index is 12.7. The average Bonchev–Trinajstić information content (AvgIpc) is 3.31. The standard InChI is InChI=1S/C21H21N3O5/c1-28-18-5-9-22-17(18)12-14-19-13(4-6-21(26)7-10-29-11-8-21)15(24-27)2-3-16(19)23-20(14)25/h2-3,5,9,12,22,24,26-27H,7-8,10-11H2,1H3,(H,23,25)/p+1/b14-12-. The van der Waals surface area contributed by atoms with Crippen LogP contribution in [0.3, 0.4) is 0 Å². The van der Waals surface area contributed by atoms with Gasteiger partial charge in [-0.2, -0.15) is 5.48 Å². The van der Waals surface area contributed by atoms with Crippen LogP contribution in [0.1, 0.15) is 29.7 Å². The van der Waals surface area contributed by atoms with E-state index >= 15 is 0 Å². The number of methoxy groups -OCH3 is 1. The normalized spacial score (nSPS) is 18.7. The zero-order valence-electron chi connectivity index (χ0n) is 15.9. The molecule has 8 heteroatoms. The average molecular weight is 396 g/mol. The molecule has 8 nitrogen and oxygen atoms in total. The highest BCUT2D eigenvalue weighted by Crippen LogP contribution is 2.38. The Balaban J connectivity index is 1.84. The second-order valence-corrected chi connectivity index (χ2v) is 6.95. The van der Waals surface area contributed by atoms with Gasteiger partial charge >= 0.3 is 0 Å². The predicted octanol–water partition coefficient (Wildman–Crippen LogP) is 0.993. The van der Waals surface area contributed by atoms with E-state index in [2.05, 4.69) is 22.1 Å². The Morgan fingerprint density at radius 3 is 2.83 bits per heavy atom. The van der Waals surface area contributed by atoms with Crippen molar-refractivity contribution in [1.82, 2.24) is 4.98 Å². The van der Waals surface area contributed by atoms with E-state index < -0.39 is 5.60 Å². The fourth-order valence-electron chi connectivity index (χ4n) is 3.50. The van der Waals surface area contributed by atoms with E-state index in [1.54, 1.807) is 37.6 Å². The van der Waals surface area contributed by atoms with E-state index in [1.165, 1.54) is 0 Å². The Bertz CT molecular complexity index is 1040. The SMILES string of the molecule is COc1cc[nH]c1/C=C1\C(=O)Nc2ccc([NH2+]O)c(C#CC3(O)CCOCC3)c21. The molecule has 0 unspecified atom stereocenters. The molecule has 1 fully saturated rings. The van der Waals surface area contributed by atoms with Crippen LogP contribution in [-0.2, 0) is 9.53 Å². The maximum Gasteiger partial charge on any atom is 0.256 e. The van der Waals surface area contributed by atoms with Crippen molar-refractivity contribution in [1.29, 1.82) is 0 Å². The summed E-state index contributed by atoms with van der Waals surface area (Å²) >= 11 is 0. The van der Waals surface area contributed by atoms with E-state index in [4.69, 9.17) is 9.47 Å². The number of benzene rings is 1. The van der Waals surface area contributed by atoms with Crippen molar-refractivity contribution in [2.75, 3.05) is 25.6 Å². The lowest BCUT2D eigenvalue weighted by Crippen LogP contribution is -2.74. The Hall–Kier alpha value is -3.09. The zero-order valence-corrected chi connectivity index (χ0v) is 15.9. The molecule has 3 heterocycles. The number of hydrogen-bond donors (Lipinski definition) is 5. The van der Waals surface area contributed by atoms with Crippen molar-refractivity contribution in [2.45, 2.75) is 18.4 Å². The van der Waals surface area contributed by atoms with Crippen LogP contribution in [0.15, 0.2) is 24.4 Å². The van der Waals surface area contributed by atoms with Gasteiger partial charge in [0.2, 0.25) is 0 Å². The van der Waals surface area contributed by atoms with Crippen molar-refractivity contribution < 1.29 is 30.1 Å². The number of aromatic nitrogens is 1. The van der Waals surface area contributed by atoms with Crippen LogP contribution >= 0.6 is 0 Å². The Labute approximate surface area is 167 Å².